The monoisotopic (exact) mass is 471 g/mol. The number of carbonyl (C=O) groups excluding carboxylic acids is 2. The standard InChI is InChI=1S/C19H22ClN3O7S/c1-11-8-17(30-23-11)22-18(24)12(2)29-19(25)13-5-6-15(20)16(9-13)31(26,27)21-10-14-4-3-7-28-14/h5-6,8-9,12,14,21H,3-4,7,10H2,1-2H3,(H,22,24). The third-order valence-corrected chi connectivity index (χ3v) is 6.41. The average Bonchev–Trinajstić information content (AvgIpc) is 3.38. The first kappa shape index (κ1) is 23.2. The third kappa shape index (κ3) is 6.03. The van der Waals surface area contributed by atoms with Crippen LogP contribution in [0.4, 0.5) is 5.88 Å². The van der Waals surface area contributed by atoms with Crippen molar-refractivity contribution in [3.63, 3.8) is 0 Å². The molecule has 2 aromatic rings. The molecule has 168 valence electrons. The topological polar surface area (TPSA) is 137 Å². The quantitative estimate of drug-likeness (QED) is 0.559. The number of ether oxygens (including phenoxy) is 2. The summed E-state index contributed by atoms with van der Waals surface area (Å²) in [6.45, 7) is 3.75. The van der Waals surface area contributed by atoms with E-state index in [4.69, 9.17) is 25.6 Å². The molecular formula is C19H22ClN3O7S. The first-order valence-electron chi connectivity index (χ1n) is 9.51. The van der Waals surface area contributed by atoms with Crippen LogP contribution >= 0.6 is 11.6 Å². The highest BCUT2D eigenvalue weighted by Gasteiger charge is 2.25. The molecule has 1 fully saturated rings. The summed E-state index contributed by atoms with van der Waals surface area (Å²) in [5, 5.41) is 6.01. The molecule has 0 saturated carbocycles. The van der Waals surface area contributed by atoms with Crippen LogP contribution in [0.25, 0.3) is 0 Å². The Bertz CT molecular complexity index is 1060. The zero-order valence-electron chi connectivity index (χ0n) is 16.9. The summed E-state index contributed by atoms with van der Waals surface area (Å²) in [4.78, 5) is 24.4. The number of halogens is 1. The third-order valence-electron chi connectivity index (χ3n) is 4.51. The number of amides is 1. The highest BCUT2D eigenvalue weighted by Crippen LogP contribution is 2.24. The van der Waals surface area contributed by atoms with Crippen LogP contribution in [0, 0.1) is 6.92 Å². The van der Waals surface area contributed by atoms with Crippen LogP contribution in [0.2, 0.25) is 5.02 Å². The van der Waals surface area contributed by atoms with Crippen molar-refractivity contribution in [1.29, 1.82) is 0 Å². The van der Waals surface area contributed by atoms with Gasteiger partial charge in [-0.2, -0.15) is 0 Å². The van der Waals surface area contributed by atoms with E-state index < -0.39 is 28.0 Å². The lowest BCUT2D eigenvalue weighted by Gasteiger charge is -2.14. The van der Waals surface area contributed by atoms with E-state index in [0.29, 0.717) is 12.3 Å². The molecule has 0 spiro atoms. The van der Waals surface area contributed by atoms with E-state index in [2.05, 4.69) is 15.2 Å². The maximum Gasteiger partial charge on any atom is 0.338 e. The van der Waals surface area contributed by atoms with E-state index in [-0.39, 0.29) is 34.0 Å². The lowest BCUT2D eigenvalue weighted by molar-refractivity contribution is -0.123. The van der Waals surface area contributed by atoms with Crippen LogP contribution < -0.4 is 10.0 Å². The Labute approximate surface area is 184 Å². The van der Waals surface area contributed by atoms with Crippen LogP contribution in [-0.2, 0) is 24.3 Å². The highest BCUT2D eigenvalue weighted by atomic mass is 35.5. The summed E-state index contributed by atoms with van der Waals surface area (Å²) in [7, 11) is -3.99. The Kier molecular flexibility index (Phi) is 7.31. The van der Waals surface area contributed by atoms with E-state index >= 15 is 0 Å². The van der Waals surface area contributed by atoms with Crippen LogP contribution in [-0.4, -0.2) is 50.8 Å². The zero-order valence-corrected chi connectivity index (χ0v) is 18.5. The van der Waals surface area contributed by atoms with Gasteiger partial charge < -0.3 is 14.0 Å². The molecule has 2 atom stereocenters. The van der Waals surface area contributed by atoms with Gasteiger partial charge in [0.25, 0.3) is 5.91 Å². The fourth-order valence-corrected chi connectivity index (χ4v) is 4.44. The highest BCUT2D eigenvalue weighted by molar-refractivity contribution is 7.89. The fraction of sp³-hybridized carbons (Fsp3) is 0.421. The number of benzene rings is 1. The number of anilines is 1. The summed E-state index contributed by atoms with van der Waals surface area (Å²) < 4.78 is 43.1. The molecule has 2 N–H and O–H groups in total. The molecule has 1 aliphatic heterocycles. The Balaban J connectivity index is 1.66. The molecule has 1 aromatic carbocycles. The van der Waals surface area contributed by atoms with Crippen LogP contribution in [0.5, 0.6) is 0 Å². The number of aromatic nitrogens is 1. The molecule has 1 aliphatic rings. The van der Waals surface area contributed by atoms with Crippen molar-refractivity contribution in [2.75, 3.05) is 18.5 Å². The molecule has 1 amide bonds. The molecule has 2 heterocycles. The number of nitrogens with zero attached hydrogens (tertiary/aromatic N) is 1. The Morgan fingerprint density at radius 3 is 2.77 bits per heavy atom. The van der Waals surface area contributed by atoms with Crippen molar-refractivity contribution in [2.24, 2.45) is 0 Å². The van der Waals surface area contributed by atoms with Gasteiger partial charge in [-0.25, -0.2) is 17.9 Å². The van der Waals surface area contributed by atoms with Gasteiger partial charge >= 0.3 is 5.97 Å². The predicted molar refractivity (Wildman–Crippen MR) is 110 cm³/mol. The average molecular weight is 472 g/mol. The molecule has 2 unspecified atom stereocenters. The van der Waals surface area contributed by atoms with Crippen molar-refractivity contribution in [3.05, 3.63) is 40.5 Å². The molecule has 3 rings (SSSR count). The SMILES string of the molecule is Cc1cc(NC(=O)C(C)OC(=O)c2ccc(Cl)c(S(=O)(=O)NCC3CCCO3)c2)on1. The number of esters is 1. The van der Waals surface area contributed by atoms with Crippen molar-refractivity contribution < 1.29 is 32.0 Å². The molecule has 31 heavy (non-hydrogen) atoms. The van der Waals surface area contributed by atoms with Gasteiger partial charge in [0.2, 0.25) is 15.9 Å². The van der Waals surface area contributed by atoms with Crippen molar-refractivity contribution in [2.45, 2.75) is 43.8 Å². The van der Waals surface area contributed by atoms with Gasteiger partial charge in [-0.15, -0.1) is 0 Å². The van der Waals surface area contributed by atoms with Gasteiger partial charge in [-0.05, 0) is 44.9 Å². The summed E-state index contributed by atoms with van der Waals surface area (Å²) in [5.74, 6) is -1.41. The minimum absolute atomic E-state index is 0.0529. The molecular weight excluding hydrogens is 450 g/mol. The lowest BCUT2D eigenvalue weighted by Crippen LogP contribution is -2.32. The number of sulfonamides is 1. The molecule has 1 saturated heterocycles. The van der Waals surface area contributed by atoms with Gasteiger partial charge in [-0.3, -0.25) is 10.1 Å². The van der Waals surface area contributed by atoms with Crippen molar-refractivity contribution in [1.82, 2.24) is 9.88 Å². The molecule has 0 aliphatic carbocycles. The fourth-order valence-electron chi connectivity index (χ4n) is 2.85. The predicted octanol–water partition coefficient (Wildman–Crippen LogP) is 2.28. The second-order valence-electron chi connectivity index (χ2n) is 7.00. The van der Waals surface area contributed by atoms with E-state index in [1.54, 1.807) is 6.92 Å². The number of aryl methyl sites for hydroxylation is 1. The Morgan fingerprint density at radius 2 is 2.13 bits per heavy atom. The van der Waals surface area contributed by atoms with Crippen LogP contribution in [0.15, 0.2) is 33.7 Å². The Hall–Kier alpha value is -2.47. The number of nitrogens with one attached hydrogen (secondary N) is 2. The van der Waals surface area contributed by atoms with Crippen LogP contribution in [0.3, 0.4) is 0 Å². The number of rotatable bonds is 8. The van der Waals surface area contributed by atoms with E-state index in [1.165, 1.54) is 25.1 Å². The second-order valence-corrected chi connectivity index (χ2v) is 9.14. The molecule has 0 bridgehead atoms. The first-order chi connectivity index (χ1) is 14.7. The van der Waals surface area contributed by atoms with Gasteiger partial charge in [0.15, 0.2) is 6.10 Å². The molecule has 10 nitrogen and oxygen atoms in total. The summed E-state index contributed by atoms with van der Waals surface area (Å²) in [6.07, 6.45) is 0.257. The normalized spacial score (nSPS) is 17.3. The van der Waals surface area contributed by atoms with Crippen LogP contribution in [0.1, 0.15) is 35.8 Å². The molecule has 12 heteroatoms. The minimum atomic E-state index is -3.99. The summed E-state index contributed by atoms with van der Waals surface area (Å²) >= 11 is 6.05. The van der Waals surface area contributed by atoms with Gasteiger partial charge in [0.1, 0.15) is 4.90 Å². The maximum absolute atomic E-state index is 12.6. The Morgan fingerprint density at radius 1 is 1.35 bits per heavy atom. The smallest absolute Gasteiger partial charge is 0.338 e. The van der Waals surface area contributed by atoms with E-state index in [0.717, 1.165) is 18.9 Å². The molecule has 0 radical (unpaired) electrons. The maximum atomic E-state index is 12.6. The number of carbonyl (C=O) groups is 2. The van der Waals surface area contributed by atoms with Crippen molar-refractivity contribution in [3.8, 4) is 0 Å². The van der Waals surface area contributed by atoms with Gasteiger partial charge in [-0.1, -0.05) is 16.8 Å². The van der Waals surface area contributed by atoms with E-state index in [9.17, 15) is 18.0 Å². The zero-order chi connectivity index (χ0) is 22.6. The lowest BCUT2D eigenvalue weighted by atomic mass is 10.2. The second kappa shape index (κ2) is 9.77. The van der Waals surface area contributed by atoms with E-state index in [1.807, 2.05) is 0 Å². The van der Waals surface area contributed by atoms with Gasteiger partial charge in [0.05, 0.1) is 22.4 Å². The summed E-state index contributed by atoms with van der Waals surface area (Å²) in [6, 6.07) is 5.20. The number of hydrogen-bond acceptors (Lipinski definition) is 8. The minimum Gasteiger partial charge on any atom is -0.449 e. The van der Waals surface area contributed by atoms with Crippen molar-refractivity contribution >= 4 is 39.4 Å². The largest absolute Gasteiger partial charge is 0.449 e. The number of hydrogen-bond donors (Lipinski definition) is 2. The molecule has 1 aromatic heterocycles. The first-order valence-corrected chi connectivity index (χ1v) is 11.4. The van der Waals surface area contributed by atoms with Gasteiger partial charge in [0, 0.05) is 19.2 Å². The summed E-state index contributed by atoms with van der Waals surface area (Å²) in [5.41, 5.74) is 0.500.